The van der Waals surface area contributed by atoms with E-state index in [1.54, 1.807) is 18.2 Å². The normalized spacial score (nSPS) is 17.4. The number of benzene rings is 1. The van der Waals surface area contributed by atoms with Gasteiger partial charge in [-0.3, -0.25) is 4.79 Å². The highest BCUT2D eigenvalue weighted by atomic mass is 35.5. The van der Waals surface area contributed by atoms with Crippen molar-refractivity contribution in [2.24, 2.45) is 0 Å². The number of alkyl halides is 3. The summed E-state index contributed by atoms with van der Waals surface area (Å²) in [6.07, 6.45) is -2.41. The van der Waals surface area contributed by atoms with Crippen LogP contribution in [0.4, 0.5) is 13.2 Å². The van der Waals surface area contributed by atoms with Crippen molar-refractivity contribution in [3.05, 3.63) is 47.8 Å². The van der Waals surface area contributed by atoms with E-state index >= 15 is 0 Å². The van der Waals surface area contributed by atoms with Crippen LogP contribution in [0.25, 0.3) is 5.69 Å². The maximum Gasteiger partial charge on any atom is 0.435 e. The van der Waals surface area contributed by atoms with E-state index in [1.165, 1.54) is 12.3 Å². The summed E-state index contributed by atoms with van der Waals surface area (Å²) in [5.74, 6) is -0.247. The van der Waals surface area contributed by atoms with Crippen molar-refractivity contribution in [3.8, 4) is 5.69 Å². The van der Waals surface area contributed by atoms with E-state index < -0.39 is 11.9 Å². The van der Waals surface area contributed by atoms with Gasteiger partial charge in [0.25, 0.3) is 5.91 Å². The summed E-state index contributed by atoms with van der Waals surface area (Å²) in [6.45, 7) is 1.58. The average Bonchev–Trinajstić information content (AvgIpc) is 3.18. The van der Waals surface area contributed by atoms with Gasteiger partial charge >= 0.3 is 6.18 Å². The summed E-state index contributed by atoms with van der Waals surface area (Å²) in [5.41, 5.74) is -0.180. The Kier molecular flexibility index (Phi) is 5.51. The van der Waals surface area contributed by atoms with E-state index in [-0.39, 0.29) is 24.4 Å². The first-order valence-electron chi connectivity index (χ1n) is 7.18. The molecule has 9 heteroatoms. The van der Waals surface area contributed by atoms with Crippen molar-refractivity contribution in [2.75, 3.05) is 13.1 Å². The van der Waals surface area contributed by atoms with E-state index in [9.17, 15) is 18.0 Å². The maximum atomic E-state index is 12.6. The molecule has 1 aliphatic rings. The first kappa shape index (κ1) is 18.3. The van der Waals surface area contributed by atoms with Crippen LogP contribution in [0.3, 0.4) is 0 Å². The monoisotopic (exact) mass is 360 g/mol. The molecule has 0 radical (unpaired) electrons. The number of carbonyl (C=O) groups excluding carboxylic acids is 1. The number of rotatable bonds is 3. The third-order valence-corrected chi connectivity index (χ3v) is 3.65. The quantitative estimate of drug-likeness (QED) is 0.883. The summed E-state index contributed by atoms with van der Waals surface area (Å²) in [7, 11) is 0. The van der Waals surface area contributed by atoms with Crippen molar-refractivity contribution in [1.82, 2.24) is 20.4 Å². The molecule has 2 N–H and O–H groups in total. The van der Waals surface area contributed by atoms with Crippen LogP contribution >= 0.6 is 12.4 Å². The molecule has 1 fully saturated rings. The van der Waals surface area contributed by atoms with E-state index in [1.807, 2.05) is 0 Å². The minimum absolute atomic E-state index is 0. The lowest BCUT2D eigenvalue weighted by Gasteiger charge is -2.12. The van der Waals surface area contributed by atoms with Gasteiger partial charge in [-0.25, -0.2) is 4.68 Å². The minimum atomic E-state index is -4.49. The van der Waals surface area contributed by atoms with Crippen molar-refractivity contribution in [2.45, 2.75) is 18.6 Å². The van der Waals surface area contributed by atoms with Gasteiger partial charge in [-0.1, -0.05) is 6.07 Å². The smallest absolute Gasteiger partial charge is 0.348 e. The second-order valence-electron chi connectivity index (χ2n) is 5.36. The topological polar surface area (TPSA) is 59.0 Å². The molecule has 2 aromatic rings. The fourth-order valence-corrected chi connectivity index (χ4v) is 2.46. The molecular formula is C15H16ClF3N4O. The van der Waals surface area contributed by atoms with E-state index in [0.29, 0.717) is 11.3 Å². The minimum Gasteiger partial charge on any atom is -0.348 e. The first-order valence-corrected chi connectivity index (χ1v) is 7.18. The molecule has 1 aromatic carbocycles. The molecule has 2 heterocycles. The molecule has 0 saturated carbocycles. The standard InChI is InChI=1S/C15H15F3N4O.ClH/c16-15(17,18)13-5-7-22(21-13)12-3-1-2-10(8-12)14(23)20-11-4-6-19-9-11;/h1-3,5,7-8,11,19H,4,6,9H2,(H,20,23);1H. The van der Waals surface area contributed by atoms with Crippen LogP contribution in [-0.2, 0) is 6.18 Å². The summed E-state index contributed by atoms with van der Waals surface area (Å²) >= 11 is 0. The average molecular weight is 361 g/mol. The molecule has 1 aliphatic heterocycles. The zero-order valence-corrected chi connectivity index (χ0v) is 13.3. The lowest BCUT2D eigenvalue weighted by Crippen LogP contribution is -2.36. The lowest BCUT2D eigenvalue weighted by molar-refractivity contribution is -0.141. The lowest BCUT2D eigenvalue weighted by atomic mass is 10.1. The number of hydrogen-bond donors (Lipinski definition) is 2. The molecule has 3 rings (SSSR count). The highest BCUT2D eigenvalue weighted by molar-refractivity contribution is 5.94. The summed E-state index contributed by atoms with van der Waals surface area (Å²) in [5, 5.41) is 9.55. The second kappa shape index (κ2) is 7.23. The Morgan fingerprint density at radius 2 is 2.12 bits per heavy atom. The van der Waals surface area contributed by atoms with E-state index in [0.717, 1.165) is 30.3 Å². The Morgan fingerprint density at radius 1 is 1.33 bits per heavy atom. The molecule has 0 spiro atoms. The Morgan fingerprint density at radius 3 is 2.75 bits per heavy atom. The summed E-state index contributed by atoms with van der Waals surface area (Å²) in [6, 6.07) is 7.33. The first-order chi connectivity index (χ1) is 10.9. The van der Waals surface area contributed by atoms with Crippen molar-refractivity contribution < 1.29 is 18.0 Å². The second-order valence-corrected chi connectivity index (χ2v) is 5.36. The van der Waals surface area contributed by atoms with Gasteiger partial charge in [-0.05, 0) is 37.2 Å². The Bertz CT molecular complexity index is 711. The van der Waals surface area contributed by atoms with Crippen LogP contribution in [-0.4, -0.2) is 34.8 Å². The number of nitrogens with zero attached hydrogens (tertiary/aromatic N) is 2. The van der Waals surface area contributed by atoms with Crippen molar-refractivity contribution in [3.63, 3.8) is 0 Å². The van der Waals surface area contributed by atoms with Crippen LogP contribution in [0, 0.1) is 0 Å². The van der Waals surface area contributed by atoms with Crippen LogP contribution < -0.4 is 10.6 Å². The molecule has 1 saturated heterocycles. The molecule has 5 nitrogen and oxygen atoms in total. The van der Waals surface area contributed by atoms with Gasteiger partial charge in [0.2, 0.25) is 0 Å². The maximum absolute atomic E-state index is 12.6. The van der Waals surface area contributed by atoms with Gasteiger partial charge in [0.1, 0.15) is 0 Å². The van der Waals surface area contributed by atoms with E-state index in [2.05, 4.69) is 15.7 Å². The molecule has 0 bridgehead atoms. The molecular weight excluding hydrogens is 345 g/mol. The number of halogens is 4. The predicted molar refractivity (Wildman–Crippen MR) is 84.6 cm³/mol. The van der Waals surface area contributed by atoms with Gasteiger partial charge in [0.05, 0.1) is 5.69 Å². The highest BCUT2D eigenvalue weighted by Crippen LogP contribution is 2.27. The predicted octanol–water partition coefficient (Wildman–Crippen LogP) is 2.40. The van der Waals surface area contributed by atoms with Crippen molar-refractivity contribution >= 4 is 18.3 Å². The van der Waals surface area contributed by atoms with Crippen LogP contribution in [0.15, 0.2) is 36.5 Å². The summed E-state index contributed by atoms with van der Waals surface area (Å²) in [4.78, 5) is 12.2. The SMILES string of the molecule is Cl.O=C(NC1CCNC1)c1cccc(-n2ccc(C(F)(F)F)n2)c1. The molecule has 1 atom stereocenters. The third-order valence-electron chi connectivity index (χ3n) is 3.65. The number of carbonyl (C=O) groups is 1. The fraction of sp³-hybridized carbons (Fsp3) is 0.333. The molecule has 24 heavy (non-hydrogen) atoms. The zero-order chi connectivity index (χ0) is 16.4. The molecule has 1 amide bonds. The summed E-state index contributed by atoms with van der Waals surface area (Å²) < 4.78 is 38.9. The molecule has 1 unspecified atom stereocenters. The van der Waals surface area contributed by atoms with Gasteiger partial charge < -0.3 is 10.6 Å². The largest absolute Gasteiger partial charge is 0.435 e. The number of amides is 1. The Labute approximate surface area is 142 Å². The van der Waals surface area contributed by atoms with Crippen LogP contribution in [0.5, 0.6) is 0 Å². The number of nitrogens with one attached hydrogen (secondary N) is 2. The Hall–Kier alpha value is -2.06. The zero-order valence-electron chi connectivity index (χ0n) is 12.5. The van der Waals surface area contributed by atoms with Crippen LogP contribution in [0.1, 0.15) is 22.5 Å². The Balaban J connectivity index is 0.00000208. The van der Waals surface area contributed by atoms with Gasteiger partial charge in [0.15, 0.2) is 5.69 Å². The van der Waals surface area contributed by atoms with Crippen molar-refractivity contribution in [1.29, 1.82) is 0 Å². The fourth-order valence-electron chi connectivity index (χ4n) is 2.46. The van der Waals surface area contributed by atoms with Gasteiger partial charge in [-0.2, -0.15) is 18.3 Å². The van der Waals surface area contributed by atoms with Gasteiger partial charge in [0, 0.05) is 24.3 Å². The molecule has 130 valence electrons. The third kappa shape index (κ3) is 4.07. The molecule has 0 aliphatic carbocycles. The number of hydrogen-bond acceptors (Lipinski definition) is 3. The molecule has 1 aromatic heterocycles. The van der Waals surface area contributed by atoms with E-state index in [4.69, 9.17) is 0 Å². The van der Waals surface area contributed by atoms with Gasteiger partial charge in [-0.15, -0.1) is 12.4 Å². The highest BCUT2D eigenvalue weighted by Gasteiger charge is 2.33. The number of aromatic nitrogens is 2. The van der Waals surface area contributed by atoms with Crippen LogP contribution in [0.2, 0.25) is 0 Å².